The van der Waals surface area contributed by atoms with E-state index in [1.54, 1.807) is 0 Å². The first-order valence-corrected chi connectivity index (χ1v) is 26.7. The normalized spacial score (nSPS) is 16.0. The van der Waals surface area contributed by atoms with Crippen LogP contribution >= 0.6 is 0 Å². The summed E-state index contributed by atoms with van der Waals surface area (Å²) in [6.07, 6.45) is 0. The third kappa shape index (κ3) is 5.75. The second-order valence-electron chi connectivity index (χ2n) is 24.0. The Balaban J connectivity index is 0.902. The molecule has 74 heavy (non-hydrogen) atoms. The molecule has 11 aromatic carbocycles. The zero-order chi connectivity index (χ0) is 50.2. The summed E-state index contributed by atoms with van der Waals surface area (Å²) < 4.78 is 0. The molecule has 0 spiro atoms. The van der Waals surface area contributed by atoms with Crippen molar-refractivity contribution < 1.29 is 0 Å². The summed E-state index contributed by atoms with van der Waals surface area (Å²) >= 11 is 0. The lowest BCUT2D eigenvalue weighted by molar-refractivity contribution is 0.659. The molecular formula is C74H58. The molecule has 0 aromatic heterocycles. The fourth-order valence-electron chi connectivity index (χ4n) is 14.7. The van der Waals surface area contributed by atoms with Gasteiger partial charge in [0, 0.05) is 21.7 Å². The van der Waals surface area contributed by atoms with Crippen LogP contribution in [0.4, 0.5) is 0 Å². The topological polar surface area (TPSA) is 0 Å². The Bertz CT molecular complexity index is 4300. The zero-order valence-corrected chi connectivity index (χ0v) is 43.6. The monoisotopic (exact) mass is 946 g/mol. The standard InChI is InChI=1S/C74H58/c1-71(2)61-22-14-11-17-49(61)52-31-25-44(38-64(52)71)43-28-36-59-60(37-43)70(48-30-34-54-51-19-13-16-24-63(51)73(5,6)67(54)42-48)58-21-10-9-20-57(58)69(59)47-29-35-56-55-33-27-46(40-66(55)74(7,8)68(56)41-47)45-26-32-53-50-18-12-15-23-62(50)72(3,4)65(53)39-45/h9-42H,1-8H3. The van der Waals surface area contributed by atoms with E-state index < -0.39 is 0 Å². The Labute approximate surface area is 436 Å². The Kier molecular flexibility index (Phi) is 8.70. The molecular weight excluding hydrogens is 889 g/mol. The van der Waals surface area contributed by atoms with Crippen LogP contribution in [0.5, 0.6) is 0 Å². The molecule has 0 bridgehead atoms. The van der Waals surface area contributed by atoms with Gasteiger partial charge in [-0.1, -0.05) is 225 Å². The molecule has 0 fully saturated rings. The number of benzene rings is 11. The van der Waals surface area contributed by atoms with E-state index in [4.69, 9.17) is 0 Å². The van der Waals surface area contributed by atoms with Gasteiger partial charge in [-0.2, -0.15) is 0 Å². The molecule has 15 rings (SSSR count). The van der Waals surface area contributed by atoms with Crippen LogP contribution < -0.4 is 0 Å². The van der Waals surface area contributed by atoms with Crippen molar-refractivity contribution in [3.63, 3.8) is 0 Å². The van der Waals surface area contributed by atoms with Gasteiger partial charge >= 0.3 is 0 Å². The first-order chi connectivity index (χ1) is 35.7. The van der Waals surface area contributed by atoms with Crippen LogP contribution in [0.1, 0.15) is 99.9 Å². The summed E-state index contributed by atoms with van der Waals surface area (Å²) in [5.41, 5.74) is 31.7. The van der Waals surface area contributed by atoms with Crippen LogP contribution in [-0.2, 0) is 21.7 Å². The van der Waals surface area contributed by atoms with E-state index in [-0.39, 0.29) is 21.7 Å². The minimum absolute atomic E-state index is 0.0463. The molecule has 0 nitrogen and oxygen atoms in total. The Morgan fingerprint density at radius 2 is 0.432 bits per heavy atom. The first kappa shape index (κ1) is 43.5. The molecule has 354 valence electrons. The number of hydrogen-bond acceptors (Lipinski definition) is 0. The quantitative estimate of drug-likeness (QED) is 0.154. The van der Waals surface area contributed by atoms with Gasteiger partial charge in [0.15, 0.2) is 0 Å². The van der Waals surface area contributed by atoms with E-state index in [0.717, 1.165) is 0 Å². The van der Waals surface area contributed by atoms with Crippen LogP contribution in [0.3, 0.4) is 0 Å². The van der Waals surface area contributed by atoms with Crippen molar-refractivity contribution in [2.24, 2.45) is 0 Å². The van der Waals surface area contributed by atoms with Gasteiger partial charge in [-0.15, -0.1) is 0 Å². The molecule has 4 aliphatic rings. The van der Waals surface area contributed by atoms with Gasteiger partial charge in [0.05, 0.1) is 0 Å². The molecule has 4 aliphatic carbocycles. The Morgan fingerprint density at radius 3 is 0.811 bits per heavy atom. The fraction of sp³-hybridized carbons (Fsp3) is 0.162. The summed E-state index contributed by atoms with van der Waals surface area (Å²) in [5, 5.41) is 5.11. The maximum absolute atomic E-state index is 2.54. The molecule has 0 atom stereocenters. The third-order valence-corrected chi connectivity index (χ3v) is 18.7. The molecule has 0 amide bonds. The molecule has 0 heteroatoms. The lowest BCUT2D eigenvalue weighted by Crippen LogP contribution is -2.15. The number of fused-ring (bicyclic) bond motifs is 14. The second-order valence-corrected chi connectivity index (χ2v) is 24.0. The van der Waals surface area contributed by atoms with Crippen molar-refractivity contribution in [2.45, 2.75) is 77.0 Å². The molecule has 0 heterocycles. The fourth-order valence-corrected chi connectivity index (χ4v) is 14.7. The van der Waals surface area contributed by atoms with Gasteiger partial charge in [0.25, 0.3) is 0 Å². The van der Waals surface area contributed by atoms with Crippen molar-refractivity contribution in [1.29, 1.82) is 0 Å². The van der Waals surface area contributed by atoms with E-state index in [1.165, 1.54) is 155 Å². The van der Waals surface area contributed by atoms with Crippen LogP contribution in [0.2, 0.25) is 0 Å². The zero-order valence-electron chi connectivity index (χ0n) is 43.6. The summed E-state index contributed by atoms with van der Waals surface area (Å²) in [4.78, 5) is 0. The SMILES string of the molecule is CC1(C)c2ccccc2-c2ccc(-c3ccc4c(c3)C(C)(C)c3cc(-c5c6ccccc6c(-c6ccc7c(c6)C(C)(C)c6ccccc6-7)c6cc(-c7ccc8c(c7)C(C)(C)c7ccccc7-8)ccc56)ccc3-4)cc21. The largest absolute Gasteiger partial charge is 0.0619 e. The van der Waals surface area contributed by atoms with E-state index in [2.05, 4.69) is 262 Å². The molecule has 0 aliphatic heterocycles. The molecule has 0 radical (unpaired) electrons. The van der Waals surface area contributed by atoms with Crippen LogP contribution in [0, 0.1) is 0 Å². The second kappa shape index (κ2) is 14.8. The average Bonchev–Trinajstić information content (AvgIpc) is 4.00. The van der Waals surface area contributed by atoms with E-state index >= 15 is 0 Å². The minimum Gasteiger partial charge on any atom is -0.0619 e. The van der Waals surface area contributed by atoms with Crippen molar-refractivity contribution in [3.05, 3.63) is 251 Å². The summed E-state index contributed by atoms with van der Waals surface area (Å²) in [6, 6.07) is 79.7. The highest BCUT2D eigenvalue weighted by atomic mass is 14.4. The van der Waals surface area contributed by atoms with E-state index in [9.17, 15) is 0 Å². The summed E-state index contributed by atoms with van der Waals surface area (Å²) in [7, 11) is 0. The molecule has 11 aromatic rings. The number of hydrogen-bond donors (Lipinski definition) is 0. The van der Waals surface area contributed by atoms with Crippen LogP contribution in [0.25, 0.3) is 111 Å². The smallest absolute Gasteiger partial charge is 0.0159 e. The average molecular weight is 947 g/mol. The first-order valence-electron chi connectivity index (χ1n) is 26.7. The Morgan fingerprint density at radius 1 is 0.189 bits per heavy atom. The maximum Gasteiger partial charge on any atom is 0.0159 e. The van der Waals surface area contributed by atoms with E-state index in [0.29, 0.717) is 0 Å². The van der Waals surface area contributed by atoms with Crippen LogP contribution in [0.15, 0.2) is 206 Å². The van der Waals surface area contributed by atoms with Crippen molar-refractivity contribution >= 4 is 21.5 Å². The highest BCUT2D eigenvalue weighted by molar-refractivity contribution is 6.22. The summed E-state index contributed by atoms with van der Waals surface area (Å²) in [5.74, 6) is 0. The highest BCUT2D eigenvalue weighted by Gasteiger charge is 2.40. The van der Waals surface area contributed by atoms with E-state index in [1.807, 2.05) is 0 Å². The lowest BCUT2D eigenvalue weighted by atomic mass is 9.78. The van der Waals surface area contributed by atoms with Crippen molar-refractivity contribution in [3.8, 4) is 89.0 Å². The minimum atomic E-state index is -0.211. The van der Waals surface area contributed by atoms with Gasteiger partial charge in [0.2, 0.25) is 0 Å². The number of rotatable bonds is 4. The molecule has 0 unspecified atom stereocenters. The maximum atomic E-state index is 2.54. The van der Waals surface area contributed by atoms with Gasteiger partial charge in [-0.25, -0.2) is 0 Å². The van der Waals surface area contributed by atoms with Gasteiger partial charge in [-0.05, 0) is 191 Å². The van der Waals surface area contributed by atoms with Gasteiger partial charge < -0.3 is 0 Å². The summed E-state index contributed by atoms with van der Waals surface area (Å²) in [6.45, 7) is 19.2. The third-order valence-electron chi connectivity index (χ3n) is 18.7. The predicted octanol–water partition coefficient (Wildman–Crippen LogP) is 19.9. The lowest BCUT2D eigenvalue weighted by Gasteiger charge is -2.24. The van der Waals surface area contributed by atoms with Gasteiger partial charge in [-0.3, -0.25) is 0 Å². The van der Waals surface area contributed by atoms with Crippen molar-refractivity contribution in [2.75, 3.05) is 0 Å². The predicted molar refractivity (Wildman–Crippen MR) is 313 cm³/mol. The van der Waals surface area contributed by atoms with Crippen LogP contribution in [-0.4, -0.2) is 0 Å². The molecule has 0 saturated heterocycles. The molecule has 0 saturated carbocycles. The van der Waals surface area contributed by atoms with Gasteiger partial charge in [0.1, 0.15) is 0 Å². The van der Waals surface area contributed by atoms with Crippen molar-refractivity contribution in [1.82, 2.24) is 0 Å². The Hall–Kier alpha value is -8.06. The highest BCUT2D eigenvalue weighted by Crippen LogP contribution is 2.56. The molecule has 0 N–H and O–H groups in total.